The second kappa shape index (κ2) is 22.4. The van der Waals surface area contributed by atoms with E-state index in [1.165, 1.54) is 0 Å². The summed E-state index contributed by atoms with van der Waals surface area (Å²) in [6, 6.07) is 103. The molecule has 0 spiro atoms. The van der Waals surface area contributed by atoms with Crippen LogP contribution < -0.4 is 0 Å². The molecule has 0 saturated heterocycles. The third-order valence-electron chi connectivity index (χ3n) is 21.0. The summed E-state index contributed by atoms with van der Waals surface area (Å²) in [5.74, 6) is 2.97. The molecule has 0 unspecified atom stereocenters. The van der Waals surface area contributed by atoms with Gasteiger partial charge >= 0.3 is 0 Å². The first-order valence-corrected chi connectivity index (χ1v) is 35.2. The lowest BCUT2D eigenvalue weighted by Gasteiger charge is -2.12. The number of fused-ring (bicyclic) bond motifs is 19. The second-order valence-corrected chi connectivity index (χ2v) is 27.0. The monoisotopic (exact) mass is 1360 g/mol. The normalized spacial score (nSPS) is 12.2. The Morgan fingerprint density at radius 2 is 0.509 bits per heavy atom. The number of nitrogens with zero attached hydrogens (tertiary/aromatic N) is 6. The molecule has 12 nitrogen and oxygen atoms in total. The lowest BCUT2D eigenvalue weighted by Crippen LogP contribution is -2.01. The molecule has 15 aromatic carbocycles. The first-order chi connectivity index (χ1) is 52.5. The predicted molar refractivity (Wildman–Crippen MR) is 423 cm³/mol. The minimum absolute atomic E-state index is 0.475. The molecule has 0 amide bonds. The maximum atomic E-state index is 6.95. The zero-order chi connectivity index (χ0) is 69.2. The van der Waals surface area contributed by atoms with Gasteiger partial charge in [0.1, 0.15) is 67.0 Å². The lowest BCUT2D eigenvalue weighted by molar-refractivity contribution is 0.668. The van der Waals surface area contributed by atoms with Gasteiger partial charge in [0.25, 0.3) is 0 Å². The van der Waals surface area contributed by atoms with Crippen LogP contribution in [0.1, 0.15) is 0 Å². The van der Waals surface area contributed by atoms with E-state index in [0.717, 1.165) is 198 Å². The van der Waals surface area contributed by atoms with Crippen LogP contribution in [0.25, 0.3) is 244 Å². The molecule has 0 bridgehead atoms. The zero-order valence-electron chi connectivity index (χ0n) is 56.0. The molecular formula is C94H50N6O6. The van der Waals surface area contributed by atoms with Gasteiger partial charge in [0, 0.05) is 92.5 Å². The van der Waals surface area contributed by atoms with Crippen molar-refractivity contribution in [3.05, 3.63) is 303 Å². The van der Waals surface area contributed by atoms with Gasteiger partial charge in [-0.3, -0.25) is 0 Å². The fourth-order valence-electron chi connectivity index (χ4n) is 16.2. The van der Waals surface area contributed by atoms with Crippen molar-refractivity contribution in [2.75, 3.05) is 0 Å². The van der Waals surface area contributed by atoms with E-state index in [0.29, 0.717) is 46.1 Å². The van der Waals surface area contributed by atoms with E-state index in [1.807, 2.05) is 164 Å². The Hall–Kier alpha value is -14.6. The molecule has 0 radical (unpaired) electrons. The van der Waals surface area contributed by atoms with Gasteiger partial charge in [0.2, 0.25) is 0 Å². The van der Waals surface area contributed by atoms with Crippen LogP contribution in [-0.4, -0.2) is 29.9 Å². The van der Waals surface area contributed by atoms with Gasteiger partial charge in [0.05, 0.1) is 11.1 Å². The highest BCUT2D eigenvalue weighted by Crippen LogP contribution is 2.49. The predicted octanol–water partition coefficient (Wildman–Crippen LogP) is 25.6. The van der Waals surface area contributed by atoms with E-state index in [-0.39, 0.29) is 0 Å². The molecule has 492 valence electrons. The number of aromatic nitrogens is 6. The summed E-state index contributed by atoms with van der Waals surface area (Å²) in [4.78, 5) is 32.1. The summed E-state index contributed by atoms with van der Waals surface area (Å²) in [6.07, 6.45) is 0. The van der Waals surface area contributed by atoms with Crippen LogP contribution >= 0.6 is 0 Å². The quantitative estimate of drug-likeness (QED) is 0.135. The average Bonchev–Trinajstić information content (AvgIpc) is 1.56. The van der Waals surface area contributed by atoms with Crippen LogP contribution in [0.5, 0.6) is 0 Å². The Bertz CT molecular complexity index is 7680. The first-order valence-electron chi connectivity index (χ1n) is 35.2. The maximum Gasteiger partial charge on any atom is 0.167 e. The Labute approximate surface area is 600 Å². The minimum atomic E-state index is 0.475. The molecule has 0 atom stereocenters. The minimum Gasteiger partial charge on any atom is -0.456 e. The van der Waals surface area contributed by atoms with Crippen molar-refractivity contribution in [1.82, 2.24) is 29.9 Å². The van der Waals surface area contributed by atoms with Crippen LogP contribution in [0.3, 0.4) is 0 Å². The van der Waals surface area contributed by atoms with Crippen LogP contribution in [0.4, 0.5) is 0 Å². The summed E-state index contributed by atoms with van der Waals surface area (Å²) in [5.41, 5.74) is 19.9. The molecule has 23 aromatic rings. The van der Waals surface area contributed by atoms with Crippen LogP contribution in [-0.2, 0) is 0 Å². The smallest absolute Gasteiger partial charge is 0.167 e. The Balaban J connectivity index is 0.636. The van der Waals surface area contributed by atoms with E-state index in [2.05, 4.69) is 140 Å². The molecule has 0 saturated carbocycles. The molecule has 23 rings (SSSR count). The van der Waals surface area contributed by atoms with Crippen LogP contribution in [0, 0.1) is 0 Å². The highest BCUT2D eigenvalue weighted by molar-refractivity contribution is 6.23. The molecule has 12 heteroatoms. The number of benzene rings is 15. The maximum absolute atomic E-state index is 6.95. The molecule has 0 aliphatic rings. The Kier molecular flexibility index (Phi) is 12.3. The van der Waals surface area contributed by atoms with E-state index in [4.69, 9.17) is 56.4 Å². The van der Waals surface area contributed by atoms with Gasteiger partial charge in [-0.15, -0.1) is 0 Å². The number of para-hydroxylation sites is 6. The van der Waals surface area contributed by atoms with Crippen molar-refractivity contribution in [3.8, 4) is 102 Å². The molecule has 8 aromatic heterocycles. The third kappa shape index (κ3) is 8.82. The van der Waals surface area contributed by atoms with Gasteiger partial charge in [-0.25, -0.2) is 29.9 Å². The topological polar surface area (TPSA) is 156 Å². The highest BCUT2D eigenvalue weighted by Gasteiger charge is 2.27. The van der Waals surface area contributed by atoms with E-state index in [9.17, 15) is 0 Å². The molecule has 0 N–H and O–H groups in total. The van der Waals surface area contributed by atoms with Gasteiger partial charge in [-0.2, -0.15) is 0 Å². The first kappa shape index (κ1) is 58.1. The van der Waals surface area contributed by atoms with Gasteiger partial charge < -0.3 is 26.5 Å². The fraction of sp³-hybridized carbons (Fsp3) is 0. The third-order valence-corrected chi connectivity index (χ3v) is 21.0. The molecule has 0 aliphatic carbocycles. The van der Waals surface area contributed by atoms with Gasteiger partial charge in [0.15, 0.2) is 34.9 Å². The molecule has 0 fully saturated rings. The molecular weight excluding hydrogens is 1310 g/mol. The van der Waals surface area contributed by atoms with Crippen molar-refractivity contribution in [3.63, 3.8) is 0 Å². The highest BCUT2D eigenvalue weighted by atomic mass is 16.3. The molecule has 106 heavy (non-hydrogen) atoms. The van der Waals surface area contributed by atoms with Gasteiger partial charge in [-0.05, 0) is 136 Å². The summed E-state index contributed by atoms with van der Waals surface area (Å²) in [7, 11) is 0. The van der Waals surface area contributed by atoms with E-state index < -0.39 is 0 Å². The van der Waals surface area contributed by atoms with Crippen molar-refractivity contribution < 1.29 is 26.5 Å². The molecule has 0 aliphatic heterocycles. The standard InChI is InChI=1S/C94H50N6O6/c1-2-18-51(19-3-1)89-95-91(67-29-17-39-80-85(67)84-59(25-15-38-79(84)103-80)58-24-14-36-77-81(58)64-21-5-9-33-73(64)101-77)99-93(96-89)70-31-13-28-62-71-50-55(44-47-76(71)105-87(62)70)53-40-41-54-49-56(43-42-52(54)48-53)90-97-92(100-94(98-90)69-30-12-27-61-57-20-4-8-32-72(57)104-86(61)69)68-46-45-63(88-83(68)66-23-7-11-35-75(66)106-88)60-26-16-37-78-82(60)65-22-6-10-34-74(65)102-78/h1-50H. The zero-order valence-corrected chi connectivity index (χ0v) is 56.0. The van der Waals surface area contributed by atoms with Crippen molar-refractivity contribution >= 4 is 142 Å². The summed E-state index contributed by atoms with van der Waals surface area (Å²) in [5, 5.41) is 13.8. The lowest BCUT2D eigenvalue weighted by atomic mass is 9.94. The fourth-order valence-corrected chi connectivity index (χ4v) is 16.2. The Morgan fingerprint density at radius 3 is 1.12 bits per heavy atom. The summed E-state index contributed by atoms with van der Waals surface area (Å²) < 4.78 is 40.1. The van der Waals surface area contributed by atoms with Crippen molar-refractivity contribution in [2.45, 2.75) is 0 Å². The van der Waals surface area contributed by atoms with Gasteiger partial charge in [-0.1, -0.05) is 206 Å². The van der Waals surface area contributed by atoms with Crippen molar-refractivity contribution in [2.24, 2.45) is 0 Å². The second-order valence-electron chi connectivity index (χ2n) is 27.0. The summed E-state index contributed by atoms with van der Waals surface area (Å²) >= 11 is 0. The van der Waals surface area contributed by atoms with Crippen LogP contribution in [0.2, 0.25) is 0 Å². The SMILES string of the molecule is c1ccc(-c2nc(-c3cccc4c3oc3ccc(-c5ccc6cc(-c7nc(-c8cccc9c8oc8ccccc89)nc(-c8ccc(-c9cccc%10oc%11ccccc%11c9%10)c9oc%10ccccc%10c89)n7)ccc6c5)cc34)nc(-c3cccc4oc5cccc(-c6cccc7oc8ccccc8c67)c5c34)n2)cc1. The number of rotatable bonds is 9. The number of hydrogen-bond donors (Lipinski definition) is 0. The van der Waals surface area contributed by atoms with E-state index in [1.54, 1.807) is 0 Å². The molecule has 8 heterocycles. The van der Waals surface area contributed by atoms with E-state index >= 15 is 0 Å². The van der Waals surface area contributed by atoms with Crippen molar-refractivity contribution in [1.29, 1.82) is 0 Å². The number of hydrogen-bond acceptors (Lipinski definition) is 12. The summed E-state index contributed by atoms with van der Waals surface area (Å²) in [6.45, 7) is 0. The van der Waals surface area contributed by atoms with Crippen LogP contribution in [0.15, 0.2) is 330 Å². The number of furan rings is 6. The average molecular weight is 1360 g/mol. The largest absolute Gasteiger partial charge is 0.456 e. The Morgan fingerprint density at radius 1 is 0.160 bits per heavy atom.